The Hall–Kier alpha value is -2.20. The molecule has 3 nitrogen and oxygen atoms in total. The van der Waals surface area contributed by atoms with Crippen LogP contribution in [0.5, 0.6) is 0 Å². The van der Waals surface area contributed by atoms with Gasteiger partial charge in [0.25, 0.3) is 0 Å². The zero-order valence-electron chi connectivity index (χ0n) is 11.9. The number of rotatable bonds is 5. The Morgan fingerprint density at radius 1 is 1.00 bits per heavy atom. The van der Waals surface area contributed by atoms with E-state index in [9.17, 15) is 4.39 Å². The van der Waals surface area contributed by atoms with Crippen molar-refractivity contribution in [2.45, 2.75) is 13.0 Å². The van der Waals surface area contributed by atoms with Crippen LogP contribution in [0.25, 0.3) is 22.5 Å². The third-order valence-corrected chi connectivity index (χ3v) is 3.71. The first-order valence-electron chi connectivity index (χ1n) is 7.07. The molecule has 0 saturated carbocycles. The number of pyridine rings is 1. The fraction of sp³-hybridized carbons (Fsp3) is 0.176. The monoisotopic (exact) mass is 315 g/mol. The summed E-state index contributed by atoms with van der Waals surface area (Å²) in [6.45, 7) is 0.787. The molecule has 0 aliphatic rings. The largest absolute Gasteiger partial charge is 0.330 e. The van der Waals surface area contributed by atoms with Gasteiger partial charge in [-0.25, -0.2) is 9.37 Å². The molecule has 0 aliphatic carbocycles. The van der Waals surface area contributed by atoms with Crippen LogP contribution in [0.4, 0.5) is 4.39 Å². The zero-order chi connectivity index (χ0) is 15.4. The molecule has 0 atom stereocenters. The second-order valence-corrected chi connectivity index (χ2v) is 5.30. The molecule has 0 saturated heterocycles. The van der Waals surface area contributed by atoms with Gasteiger partial charge in [0.2, 0.25) is 0 Å². The zero-order valence-corrected chi connectivity index (χ0v) is 12.7. The summed E-state index contributed by atoms with van der Waals surface area (Å²) in [5.41, 5.74) is 3.75. The lowest BCUT2D eigenvalue weighted by atomic mass is 10.1. The lowest BCUT2D eigenvalue weighted by Crippen LogP contribution is -2.00. The molecule has 0 unspecified atom stereocenters. The van der Waals surface area contributed by atoms with Gasteiger partial charge in [0, 0.05) is 35.9 Å². The minimum absolute atomic E-state index is 0.254. The van der Waals surface area contributed by atoms with Gasteiger partial charge < -0.3 is 4.57 Å². The van der Waals surface area contributed by atoms with E-state index in [1.807, 2.05) is 12.1 Å². The van der Waals surface area contributed by atoms with E-state index in [0.717, 1.165) is 35.5 Å². The minimum atomic E-state index is -0.254. The predicted molar refractivity (Wildman–Crippen MR) is 86.2 cm³/mol. The average Bonchev–Trinajstić information content (AvgIpc) is 2.98. The van der Waals surface area contributed by atoms with Gasteiger partial charge in [0.15, 0.2) is 0 Å². The summed E-state index contributed by atoms with van der Waals surface area (Å²) in [5.74, 6) is 0.343. The van der Waals surface area contributed by atoms with Gasteiger partial charge in [-0.1, -0.05) is 0 Å². The molecule has 0 spiro atoms. The van der Waals surface area contributed by atoms with Crippen LogP contribution < -0.4 is 0 Å². The summed E-state index contributed by atoms with van der Waals surface area (Å²) < 4.78 is 15.2. The Balaban J connectivity index is 2.10. The van der Waals surface area contributed by atoms with Crippen LogP contribution in [0.15, 0.2) is 55.1 Å². The number of nitrogens with zero attached hydrogens (tertiary/aromatic N) is 3. The van der Waals surface area contributed by atoms with Gasteiger partial charge >= 0.3 is 0 Å². The van der Waals surface area contributed by atoms with Gasteiger partial charge in [0.1, 0.15) is 5.82 Å². The van der Waals surface area contributed by atoms with Gasteiger partial charge in [-0.2, -0.15) is 0 Å². The van der Waals surface area contributed by atoms with Crippen molar-refractivity contribution in [2.75, 3.05) is 5.88 Å². The van der Waals surface area contributed by atoms with E-state index in [0.29, 0.717) is 5.88 Å². The third-order valence-electron chi connectivity index (χ3n) is 3.44. The number of aromatic nitrogens is 3. The second-order valence-electron chi connectivity index (χ2n) is 4.92. The maximum absolute atomic E-state index is 13.1. The van der Waals surface area contributed by atoms with Crippen molar-refractivity contribution in [1.82, 2.24) is 14.5 Å². The lowest BCUT2D eigenvalue weighted by Gasteiger charge is -2.10. The summed E-state index contributed by atoms with van der Waals surface area (Å²) in [5, 5.41) is 0. The molecule has 0 bridgehead atoms. The molecular formula is C17H15ClFN3. The molecule has 1 aromatic carbocycles. The van der Waals surface area contributed by atoms with E-state index in [1.165, 1.54) is 12.1 Å². The summed E-state index contributed by atoms with van der Waals surface area (Å²) >= 11 is 5.81. The first kappa shape index (κ1) is 14.7. The van der Waals surface area contributed by atoms with Crippen LogP contribution in [-0.2, 0) is 6.54 Å². The predicted octanol–water partition coefficient (Wildman–Crippen LogP) is 4.38. The molecule has 5 heteroatoms. The van der Waals surface area contributed by atoms with Crippen molar-refractivity contribution in [3.8, 4) is 22.5 Å². The van der Waals surface area contributed by atoms with Crippen molar-refractivity contribution in [3.63, 3.8) is 0 Å². The smallest absolute Gasteiger partial charge is 0.123 e. The van der Waals surface area contributed by atoms with Crippen molar-refractivity contribution in [3.05, 3.63) is 60.9 Å². The van der Waals surface area contributed by atoms with Crippen LogP contribution >= 0.6 is 11.6 Å². The minimum Gasteiger partial charge on any atom is -0.330 e. The molecule has 112 valence electrons. The molecule has 3 aromatic rings. The van der Waals surface area contributed by atoms with Crippen molar-refractivity contribution >= 4 is 11.6 Å². The molecule has 2 aromatic heterocycles. The van der Waals surface area contributed by atoms with Gasteiger partial charge in [-0.3, -0.25) is 4.98 Å². The summed E-state index contributed by atoms with van der Waals surface area (Å²) in [7, 11) is 0. The van der Waals surface area contributed by atoms with Crippen LogP contribution in [-0.4, -0.2) is 20.4 Å². The summed E-state index contributed by atoms with van der Waals surface area (Å²) in [6, 6.07) is 10.3. The number of benzene rings is 1. The maximum atomic E-state index is 13.1. The van der Waals surface area contributed by atoms with E-state index < -0.39 is 0 Å². The lowest BCUT2D eigenvalue weighted by molar-refractivity contribution is 0.628. The highest BCUT2D eigenvalue weighted by atomic mass is 35.5. The highest BCUT2D eigenvalue weighted by Crippen LogP contribution is 2.31. The maximum Gasteiger partial charge on any atom is 0.123 e. The first-order chi connectivity index (χ1) is 10.8. The average molecular weight is 316 g/mol. The van der Waals surface area contributed by atoms with Crippen LogP contribution in [0.3, 0.4) is 0 Å². The third kappa shape index (κ3) is 3.02. The normalized spacial score (nSPS) is 10.8. The summed E-state index contributed by atoms with van der Waals surface area (Å²) in [4.78, 5) is 8.58. The molecule has 0 amide bonds. The number of imidazole rings is 1. The number of hydrogen-bond acceptors (Lipinski definition) is 2. The molecule has 0 aliphatic heterocycles. The van der Waals surface area contributed by atoms with E-state index in [1.54, 1.807) is 30.9 Å². The molecule has 0 N–H and O–H groups in total. The van der Waals surface area contributed by atoms with Crippen LogP contribution in [0, 0.1) is 5.82 Å². The topological polar surface area (TPSA) is 30.7 Å². The van der Waals surface area contributed by atoms with Gasteiger partial charge in [-0.05, 0) is 42.8 Å². The molecule has 3 rings (SSSR count). The fourth-order valence-electron chi connectivity index (χ4n) is 2.41. The Labute approximate surface area is 133 Å². The highest BCUT2D eigenvalue weighted by Gasteiger charge is 2.14. The van der Waals surface area contributed by atoms with Gasteiger partial charge in [-0.15, -0.1) is 11.6 Å². The van der Waals surface area contributed by atoms with Crippen molar-refractivity contribution < 1.29 is 4.39 Å². The second kappa shape index (κ2) is 6.71. The first-order valence-corrected chi connectivity index (χ1v) is 7.60. The van der Waals surface area contributed by atoms with E-state index in [-0.39, 0.29) is 5.82 Å². The van der Waals surface area contributed by atoms with Gasteiger partial charge in [0.05, 0.1) is 17.7 Å². The Kier molecular flexibility index (Phi) is 4.49. The van der Waals surface area contributed by atoms with Crippen LogP contribution in [0.2, 0.25) is 0 Å². The highest BCUT2D eigenvalue weighted by molar-refractivity contribution is 6.17. The quantitative estimate of drug-likeness (QED) is 0.654. The fourth-order valence-corrected chi connectivity index (χ4v) is 2.53. The standard InChI is InChI=1S/C17H15ClFN3/c18-8-1-11-22-12-21-16(13-2-4-15(19)5-3-13)17(22)14-6-9-20-10-7-14/h2-7,9-10,12H,1,8,11H2. The molecule has 0 fully saturated rings. The number of halogens is 2. The summed E-state index contributed by atoms with van der Waals surface area (Å²) in [6.07, 6.45) is 6.17. The Morgan fingerprint density at radius 3 is 2.41 bits per heavy atom. The number of alkyl halides is 1. The van der Waals surface area contributed by atoms with Crippen molar-refractivity contribution in [2.24, 2.45) is 0 Å². The SMILES string of the molecule is Fc1ccc(-c2ncn(CCCCl)c2-c2ccncc2)cc1. The van der Waals surface area contributed by atoms with E-state index in [4.69, 9.17) is 11.6 Å². The Morgan fingerprint density at radius 2 is 1.73 bits per heavy atom. The van der Waals surface area contributed by atoms with Crippen molar-refractivity contribution in [1.29, 1.82) is 0 Å². The number of aryl methyl sites for hydroxylation is 1. The van der Waals surface area contributed by atoms with Crippen LogP contribution in [0.1, 0.15) is 6.42 Å². The van der Waals surface area contributed by atoms with E-state index >= 15 is 0 Å². The molecule has 22 heavy (non-hydrogen) atoms. The number of hydrogen-bond donors (Lipinski definition) is 0. The molecule has 0 radical (unpaired) electrons. The molecular weight excluding hydrogens is 301 g/mol. The van der Waals surface area contributed by atoms with E-state index in [2.05, 4.69) is 14.5 Å². The Bertz CT molecular complexity index is 738. The molecule has 2 heterocycles.